The molecule has 0 radical (unpaired) electrons. The van der Waals surface area contributed by atoms with Crippen LogP contribution in [0.2, 0.25) is 5.15 Å². The molecule has 1 aromatic heterocycles. The molecule has 0 N–H and O–H groups in total. The molecule has 1 heterocycles. The Labute approximate surface area is 132 Å². The summed E-state index contributed by atoms with van der Waals surface area (Å²) in [6, 6.07) is 8.24. The van der Waals surface area contributed by atoms with Crippen LogP contribution >= 0.6 is 11.6 Å². The van der Waals surface area contributed by atoms with Gasteiger partial charge in [-0.1, -0.05) is 38.4 Å². The zero-order chi connectivity index (χ0) is 15.8. The molecule has 0 bridgehead atoms. The summed E-state index contributed by atoms with van der Waals surface area (Å²) in [6.45, 7) is 10.4. The van der Waals surface area contributed by atoms with Gasteiger partial charge in [0.1, 0.15) is 16.8 Å². The number of nitrogens with zero attached hydrogens (tertiary/aromatic N) is 3. The molecule has 0 saturated carbocycles. The molecule has 0 spiro atoms. The second-order valence-corrected chi connectivity index (χ2v) is 6.91. The van der Waals surface area contributed by atoms with E-state index >= 15 is 0 Å². The van der Waals surface area contributed by atoms with Crippen molar-refractivity contribution >= 4 is 23.1 Å². The van der Waals surface area contributed by atoms with E-state index in [2.05, 4.69) is 62.8 Å². The summed E-state index contributed by atoms with van der Waals surface area (Å²) in [5.41, 5.74) is 3.42. The zero-order valence-electron chi connectivity index (χ0n) is 13.5. The maximum Gasteiger partial charge on any atom is 0.137 e. The Morgan fingerprint density at radius 1 is 0.952 bits per heavy atom. The first-order valence-corrected chi connectivity index (χ1v) is 7.42. The van der Waals surface area contributed by atoms with Crippen LogP contribution in [0.1, 0.15) is 37.7 Å². The normalized spacial score (nSPS) is 11.6. The highest BCUT2D eigenvalue weighted by Gasteiger charge is 2.20. The monoisotopic (exact) mass is 303 g/mol. The van der Waals surface area contributed by atoms with Gasteiger partial charge in [0.25, 0.3) is 0 Å². The van der Waals surface area contributed by atoms with Crippen LogP contribution < -0.4 is 4.90 Å². The molecule has 0 atom stereocenters. The second-order valence-electron chi connectivity index (χ2n) is 6.53. The molecule has 0 unspecified atom stereocenters. The highest BCUT2D eigenvalue weighted by molar-refractivity contribution is 6.29. The summed E-state index contributed by atoms with van der Waals surface area (Å²) in [6.07, 6.45) is 0. The summed E-state index contributed by atoms with van der Waals surface area (Å²) < 4.78 is 0. The summed E-state index contributed by atoms with van der Waals surface area (Å²) in [7, 11) is 2.00. The summed E-state index contributed by atoms with van der Waals surface area (Å²) in [4.78, 5) is 11.1. The SMILES string of the molecule is Cc1cc(C)cc(N(C)c2cc(Cl)nc(C(C)(C)C)n2)c1. The molecule has 0 aliphatic carbocycles. The van der Waals surface area contributed by atoms with E-state index in [0.29, 0.717) is 5.15 Å². The molecular weight excluding hydrogens is 282 g/mol. The Hall–Kier alpha value is -1.61. The van der Waals surface area contributed by atoms with Crippen LogP contribution in [0.4, 0.5) is 11.5 Å². The van der Waals surface area contributed by atoms with Crippen LogP contribution in [0.15, 0.2) is 24.3 Å². The third kappa shape index (κ3) is 3.73. The van der Waals surface area contributed by atoms with Crippen molar-refractivity contribution in [3.8, 4) is 0 Å². The van der Waals surface area contributed by atoms with Crippen LogP contribution in [0.5, 0.6) is 0 Å². The zero-order valence-corrected chi connectivity index (χ0v) is 14.3. The van der Waals surface area contributed by atoms with Gasteiger partial charge in [0.05, 0.1) is 0 Å². The average Bonchev–Trinajstić information content (AvgIpc) is 2.35. The highest BCUT2D eigenvalue weighted by Crippen LogP contribution is 2.28. The summed E-state index contributed by atoms with van der Waals surface area (Å²) in [5.74, 6) is 1.56. The lowest BCUT2D eigenvalue weighted by atomic mass is 9.96. The number of aromatic nitrogens is 2. The Kier molecular flexibility index (Phi) is 4.24. The van der Waals surface area contributed by atoms with Crippen molar-refractivity contribution in [3.05, 3.63) is 46.4 Å². The van der Waals surface area contributed by atoms with E-state index in [1.165, 1.54) is 11.1 Å². The van der Waals surface area contributed by atoms with Crippen molar-refractivity contribution in [1.29, 1.82) is 0 Å². The van der Waals surface area contributed by atoms with E-state index in [0.717, 1.165) is 17.3 Å². The number of benzene rings is 1. The van der Waals surface area contributed by atoms with Gasteiger partial charge < -0.3 is 4.90 Å². The quantitative estimate of drug-likeness (QED) is 0.745. The third-order valence-electron chi connectivity index (χ3n) is 3.29. The minimum absolute atomic E-state index is 0.136. The first kappa shape index (κ1) is 15.8. The molecule has 112 valence electrons. The van der Waals surface area contributed by atoms with Crippen LogP contribution in [-0.4, -0.2) is 17.0 Å². The lowest BCUT2D eigenvalue weighted by Gasteiger charge is -2.23. The number of halogens is 1. The lowest BCUT2D eigenvalue weighted by molar-refractivity contribution is 0.545. The van der Waals surface area contributed by atoms with Gasteiger partial charge in [-0.3, -0.25) is 0 Å². The van der Waals surface area contributed by atoms with E-state index in [1.54, 1.807) is 6.07 Å². The van der Waals surface area contributed by atoms with Crippen molar-refractivity contribution in [2.45, 2.75) is 40.0 Å². The summed E-state index contributed by atoms with van der Waals surface area (Å²) in [5, 5.41) is 0.473. The fourth-order valence-electron chi connectivity index (χ4n) is 2.19. The standard InChI is InChI=1S/C17H22ClN3/c1-11-7-12(2)9-13(8-11)21(6)15-10-14(18)19-16(20-15)17(3,4)5/h7-10H,1-6H3. The fourth-order valence-corrected chi connectivity index (χ4v) is 2.37. The fraction of sp³-hybridized carbons (Fsp3) is 0.412. The maximum absolute atomic E-state index is 6.17. The van der Waals surface area contributed by atoms with Crippen LogP contribution in [0.3, 0.4) is 0 Å². The second kappa shape index (κ2) is 5.64. The Morgan fingerprint density at radius 3 is 2.05 bits per heavy atom. The first-order chi connectivity index (χ1) is 9.66. The molecule has 0 fully saturated rings. The molecule has 1 aromatic carbocycles. The van der Waals surface area contributed by atoms with E-state index in [9.17, 15) is 0 Å². The van der Waals surface area contributed by atoms with E-state index < -0.39 is 0 Å². The van der Waals surface area contributed by atoms with Crippen molar-refractivity contribution in [1.82, 2.24) is 9.97 Å². The largest absolute Gasteiger partial charge is 0.329 e. The van der Waals surface area contributed by atoms with Crippen molar-refractivity contribution in [2.75, 3.05) is 11.9 Å². The van der Waals surface area contributed by atoms with Crippen molar-refractivity contribution in [3.63, 3.8) is 0 Å². The van der Waals surface area contributed by atoms with Gasteiger partial charge in [0.15, 0.2) is 0 Å². The Bertz CT molecular complexity index is 639. The number of aryl methyl sites for hydroxylation is 2. The molecule has 2 aromatic rings. The number of rotatable bonds is 2. The van der Waals surface area contributed by atoms with Crippen molar-refractivity contribution in [2.24, 2.45) is 0 Å². The molecular formula is C17H22ClN3. The van der Waals surface area contributed by atoms with Crippen LogP contribution in [0.25, 0.3) is 0 Å². The lowest BCUT2D eigenvalue weighted by Crippen LogP contribution is -2.19. The summed E-state index contributed by atoms with van der Waals surface area (Å²) >= 11 is 6.17. The van der Waals surface area contributed by atoms with E-state index in [-0.39, 0.29) is 5.41 Å². The minimum Gasteiger partial charge on any atom is -0.329 e. The Balaban J connectivity index is 2.48. The van der Waals surface area contributed by atoms with Gasteiger partial charge in [-0.05, 0) is 37.1 Å². The topological polar surface area (TPSA) is 29.0 Å². The Morgan fingerprint density at radius 2 is 1.52 bits per heavy atom. The molecule has 21 heavy (non-hydrogen) atoms. The molecule has 0 saturated heterocycles. The van der Waals surface area contributed by atoms with Gasteiger partial charge in [-0.15, -0.1) is 0 Å². The molecule has 0 aliphatic rings. The minimum atomic E-state index is -0.136. The maximum atomic E-state index is 6.17. The van der Waals surface area contributed by atoms with E-state index in [4.69, 9.17) is 11.6 Å². The van der Waals surface area contributed by atoms with Crippen LogP contribution in [0, 0.1) is 13.8 Å². The molecule has 3 nitrogen and oxygen atoms in total. The van der Waals surface area contributed by atoms with E-state index in [1.807, 2.05) is 11.9 Å². The van der Waals surface area contributed by atoms with Gasteiger partial charge >= 0.3 is 0 Å². The molecule has 0 aliphatic heterocycles. The smallest absolute Gasteiger partial charge is 0.137 e. The van der Waals surface area contributed by atoms with Gasteiger partial charge in [0.2, 0.25) is 0 Å². The molecule has 4 heteroatoms. The van der Waals surface area contributed by atoms with Crippen LogP contribution in [-0.2, 0) is 5.41 Å². The van der Waals surface area contributed by atoms with Crippen molar-refractivity contribution < 1.29 is 0 Å². The number of anilines is 2. The third-order valence-corrected chi connectivity index (χ3v) is 3.48. The first-order valence-electron chi connectivity index (χ1n) is 7.04. The predicted molar refractivity (Wildman–Crippen MR) is 89.7 cm³/mol. The van der Waals surface area contributed by atoms with Gasteiger partial charge in [-0.2, -0.15) is 0 Å². The number of hydrogen-bond donors (Lipinski definition) is 0. The van der Waals surface area contributed by atoms with Gasteiger partial charge in [-0.25, -0.2) is 9.97 Å². The predicted octanol–water partition coefficient (Wildman–Crippen LogP) is 4.81. The molecule has 0 amide bonds. The molecule has 2 rings (SSSR count). The van der Waals surface area contributed by atoms with Gasteiger partial charge in [0, 0.05) is 24.2 Å². The highest BCUT2D eigenvalue weighted by atomic mass is 35.5. The number of hydrogen-bond acceptors (Lipinski definition) is 3. The average molecular weight is 304 g/mol.